The second-order valence-corrected chi connectivity index (χ2v) is 7.18. The normalized spacial score (nSPS) is 13.2. The zero-order valence-corrected chi connectivity index (χ0v) is 17.1. The van der Waals surface area contributed by atoms with Crippen molar-refractivity contribution in [2.75, 3.05) is 14.1 Å². The van der Waals surface area contributed by atoms with E-state index in [1.165, 1.54) is 0 Å². The number of allylic oxidation sites excluding steroid dienone is 1. The number of likely N-dealkylation sites (N-methyl/N-ethyl adjacent to an activating group) is 1. The molecule has 0 aromatic heterocycles. The molecule has 0 heterocycles. The Kier molecular flexibility index (Phi) is 8.43. The molecule has 6 nitrogen and oxygen atoms in total. The van der Waals surface area contributed by atoms with Crippen molar-refractivity contribution in [1.29, 1.82) is 0 Å². The number of phenols is 1. The summed E-state index contributed by atoms with van der Waals surface area (Å²) in [5, 5.41) is 14.9. The van der Waals surface area contributed by atoms with Gasteiger partial charge in [-0.3, -0.25) is 14.5 Å². The van der Waals surface area contributed by atoms with Gasteiger partial charge in [0.25, 0.3) is 0 Å². The fraction of sp³-hybridized carbons (Fsp3) is 0.304. The zero-order valence-electron chi connectivity index (χ0n) is 17.1. The SMILES string of the molecule is C[C@@H](NC(=O)C(Cc1ccc(O)cc1)N(C)C)C(=O)NC=CCc1ccccc1. The molecule has 1 unspecified atom stereocenters. The van der Waals surface area contributed by atoms with Crippen LogP contribution >= 0.6 is 0 Å². The van der Waals surface area contributed by atoms with Crippen molar-refractivity contribution in [3.8, 4) is 5.75 Å². The predicted octanol–water partition coefficient (Wildman–Crippen LogP) is 2.24. The molecule has 2 atom stereocenters. The summed E-state index contributed by atoms with van der Waals surface area (Å²) in [6.07, 6.45) is 4.68. The molecule has 2 aromatic carbocycles. The summed E-state index contributed by atoms with van der Waals surface area (Å²) >= 11 is 0. The summed E-state index contributed by atoms with van der Waals surface area (Å²) in [5.41, 5.74) is 2.08. The standard InChI is InChI=1S/C23H29N3O3/c1-17(22(28)24-15-7-10-18-8-5-4-6-9-18)25-23(29)21(26(2)3)16-19-11-13-20(27)14-12-19/h4-9,11-15,17,21,27H,10,16H2,1-3H3,(H,24,28)(H,25,29)/t17-,21?/m1/s1. The Morgan fingerprint density at radius 2 is 1.66 bits per heavy atom. The topological polar surface area (TPSA) is 81.7 Å². The first-order valence-electron chi connectivity index (χ1n) is 9.61. The average Bonchev–Trinajstić information content (AvgIpc) is 2.70. The quantitative estimate of drug-likeness (QED) is 0.608. The number of aromatic hydroxyl groups is 1. The van der Waals surface area contributed by atoms with Gasteiger partial charge in [0.05, 0.1) is 6.04 Å². The summed E-state index contributed by atoms with van der Waals surface area (Å²) in [5.74, 6) is -0.311. The van der Waals surface area contributed by atoms with Crippen LogP contribution in [0.5, 0.6) is 5.75 Å². The molecular formula is C23H29N3O3. The minimum absolute atomic E-state index is 0.185. The molecule has 2 rings (SSSR count). The lowest BCUT2D eigenvalue weighted by Gasteiger charge is -2.25. The zero-order chi connectivity index (χ0) is 21.2. The Balaban J connectivity index is 1.85. The number of carbonyl (C=O) groups excluding carboxylic acids is 2. The van der Waals surface area contributed by atoms with Crippen molar-refractivity contribution in [3.05, 3.63) is 78.0 Å². The lowest BCUT2D eigenvalue weighted by Crippen LogP contribution is -2.51. The van der Waals surface area contributed by atoms with Crippen molar-refractivity contribution in [2.24, 2.45) is 0 Å². The molecule has 0 aliphatic carbocycles. The Labute approximate surface area is 172 Å². The molecule has 2 aromatic rings. The Bertz CT molecular complexity index is 817. The third-order valence-corrected chi connectivity index (χ3v) is 4.58. The third kappa shape index (κ3) is 7.43. The van der Waals surface area contributed by atoms with E-state index >= 15 is 0 Å². The van der Waals surface area contributed by atoms with Gasteiger partial charge in [0.15, 0.2) is 0 Å². The van der Waals surface area contributed by atoms with E-state index in [4.69, 9.17) is 0 Å². The molecule has 29 heavy (non-hydrogen) atoms. The number of phenolic OH excluding ortho intramolecular Hbond substituents is 1. The van der Waals surface area contributed by atoms with Crippen molar-refractivity contribution < 1.29 is 14.7 Å². The van der Waals surface area contributed by atoms with Gasteiger partial charge in [-0.25, -0.2) is 0 Å². The second kappa shape index (κ2) is 11.0. The van der Waals surface area contributed by atoms with Gasteiger partial charge in [0, 0.05) is 6.20 Å². The lowest BCUT2D eigenvalue weighted by atomic mass is 10.0. The number of amides is 2. The Morgan fingerprint density at radius 3 is 2.28 bits per heavy atom. The third-order valence-electron chi connectivity index (χ3n) is 4.58. The maximum Gasteiger partial charge on any atom is 0.246 e. The highest BCUT2D eigenvalue weighted by atomic mass is 16.3. The highest BCUT2D eigenvalue weighted by molar-refractivity contribution is 5.90. The van der Waals surface area contributed by atoms with Crippen LogP contribution in [0.15, 0.2) is 66.9 Å². The van der Waals surface area contributed by atoms with Crippen LogP contribution in [0.4, 0.5) is 0 Å². The Hall–Kier alpha value is -3.12. The van der Waals surface area contributed by atoms with Gasteiger partial charge in [-0.15, -0.1) is 0 Å². The molecule has 154 valence electrons. The van der Waals surface area contributed by atoms with Crippen LogP contribution < -0.4 is 10.6 Å². The molecule has 6 heteroatoms. The van der Waals surface area contributed by atoms with Gasteiger partial charge in [0.2, 0.25) is 11.8 Å². The molecule has 0 aliphatic rings. The van der Waals surface area contributed by atoms with Gasteiger partial charge in [-0.05, 0) is 57.1 Å². The fourth-order valence-corrected chi connectivity index (χ4v) is 2.82. The largest absolute Gasteiger partial charge is 0.508 e. The fourth-order valence-electron chi connectivity index (χ4n) is 2.82. The summed E-state index contributed by atoms with van der Waals surface area (Å²) in [6, 6.07) is 15.6. The molecule has 2 amide bonds. The number of carbonyl (C=O) groups is 2. The van der Waals surface area contributed by atoms with Crippen LogP contribution in [-0.4, -0.2) is 48.0 Å². The van der Waals surface area contributed by atoms with E-state index < -0.39 is 12.1 Å². The van der Waals surface area contributed by atoms with Crippen LogP contribution in [0.3, 0.4) is 0 Å². The summed E-state index contributed by atoms with van der Waals surface area (Å²) in [4.78, 5) is 26.8. The first kappa shape index (κ1) is 22.2. The van der Waals surface area contributed by atoms with E-state index in [-0.39, 0.29) is 17.6 Å². The van der Waals surface area contributed by atoms with Gasteiger partial charge >= 0.3 is 0 Å². The van der Waals surface area contributed by atoms with E-state index in [1.54, 1.807) is 37.4 Å². The highest BCUT2D eigenvalue weighted by Crippen LogP contribution is 2.13. The van der Waals surface area contributed by atoms with Crippen LogP contribution in [0.2, 0.25) is 0 Å². The number of hydrogen-bond donors (Lipinski definition) is 3. The van der Waals surface area contributed by atoms with E-state index in [0.29, 0.717) is 6.42 Å². The summed E-state index contributed by atoms with van der Waals surface area (Å²) in [7, 11) is 3.64. The minimum atomic E-state index is -0.661. The minimum Gasteiger partial charge on any atom is -0.508 e. The predicted molar refractivity (Wildman–Crippen MR) is 114 cm³/mol. The summed E-state index contributed by atoms with van der Waals surface area (Å²) in [6.45, 7) is 1.66. The molecule has 0 spiro atoms. The van der Waals surface area contributed by atoms with E-state index in [0.717, 1.165) is 17.5 Å². The maximum absolute atomic E-state index is 12.7. The van der Waals surface area contributed by atoms with Crippen LogP contribution in [0.25, 0.3) is 0 Å². The second-order valence-electron chi connectivity index (χ2n) is 7.18. The number of nitrogens with zero attached hydrogens (tertiary/aromatic N) is 1. The molecule has 0 bridgehead atoms. The van der Waals surface area contributed by atoms with E-state index in [9.17, 15) is 14.7 Å². The number of hydrogen-bond acceptors (Lipinski definition) is 4. The number of nitrogens with one attached hydrogen (secondary N) is 2. The highest BCUT2D eigenvalue weighted by Gasteiger charge is 2.24. The monoisotopic (exact) mass is 395 g/mol. The first-order chi connectivity index (χ1) is 13.9. The van der Waals surface area contributed by atoms with E-state index in [2.05, 4.69) is 10.6 Å². The van der Waals surface area contributed by atoms with Crippen LogP contribution in [0, 0.1) is 0 Å². The molecule has 0 radical (unpaired) electrons. The van der Waals surface area contributed by atoms with Gasteiger partial charge in [-0.1, -0.05) is 48.5 Å². The lowest BCUT2D eigenvalue weighted by molar-refractivity contribution is -0.130. The van der Waals surface area contributed by atoms with Crippen molar-refractivity contribution >= 4 is 11.8 Å². The summed E-state index contributed by atoms with van der Waals surface area (Å²) < 4.78 is 0. The van der Waals surface area contributed by atoms with Crippen molar-refractivity contribution in [1.82, 2.24) is 15.5 Å². The molecule has 0 fully saturated rings. The molecule has 0 saturated carbocycles. The average molecular weight is 396 g/mol. The van der Waals surface area contributed by atoms with Crippen molar-refractivity contribution in [2.45, 2.75) is 31.8 Å². The van der Waals surface area contributed by atoms with Gasteiger partial charge < -0.3 is 15.7 Å². The van der Waals surface area contributed by atoms with Gasteiger partial charge in [0.1, 0.15) is 11.8 Å². The van der Waals surface area contributed by atoms with Gasteiger partial charge in [-0.2, -0.15) is 0 Å². The number of benzene rings is 2. The van der Waals surface area contributed by atoms with Crippen molar-refractivity contribution in [3.63, 3.8) is 0 Å². The Morgan fingerprint density at radius 1 is 1.00 bits per heavy atom. The van der Waals surface area contributed by atoms with E-state index in [1.807, 2.05) is 55.4 Å². The molecular weight excluding hydrogens is 366 g/mol. The molecule has 0 aliphatic heterocycles. The smallest absolute Gasteiger partial charge is 0.246 e. The maximum atomic E-state index is 12.7. The van der Waals surface area contributed by atoms with Crippen LogP contribution in [-0.2, 0) is 22.4 Å². The van der Waals surface area contributed by atoms with Crippen LogP contribution in [0.1, 0.15) is 18.1 Å². The first-order valence-corrected chi connectivity index (χ1v) is 9.61. The molecule has 0 saturated heterocycles. The number of rotatable bonds is 9. The molecule has 3 N–H and O–H groups in total.